The van der Waals surface area contributed by atoms with E-state index in [0.717, 1.165) is 38.1 Å². The average Bonchev–Trinajstić information content (AvgIpc) is 2.47. The molecule has 0 radical (unpaired) electrons. The van der Waals surface area contributed by atoms with Gasteiger partial charge in [-0.15, -0.1) is 12.4 Å². The number of carbonyl (C=O) groups excluding carboxylic acids is 1. The van der Waals surface area contributed by atoms with E-state index >= 15 is 0 Å². The van der Waals surface area contributed by atoms with Crippen LogP contribution in [-0.4, -0.2) is 31.6 Å². The maximum Gasteiger partial charge on any atom is 0.226 e. The van der Waals surface area contributed by atoms with Crippen molar-refractivity contribution < 1.29 is 9.53 Å². The molecule has 4 nitrogen and oxygen atoms in total. The summed E-state index contributed by atoms with van der Waals surface area (Å²) in [6.45, 7) is 8.64. The molecule has 2 rings (SSSR count). The van der Waals surface area contributed by atoms with Gasteiger partial charge in [0.2, 0.25) is 5.91 Å². The van der Waals surface area contributed by atoms with Crippen LogP contribution in [-0.2, 0) is 11.2 Å². The third-order valence-corrected chi connectivity index (χ3v) is 4.22. The third-order valence-electron chi connectivity index (χ3n) is 4.22. The maximum absolute atomic E-state index is 12.4. The van der Waals surface area contributed by atoms with Crippen molar-refractivity contribution in [1.29, 1.82) is 0 Å². The van der Waals surface area contributed by atoms with E-state index in [4.69, 9.17) is 4.74 Å². The smallest absolute Gasteiger partial charge is 0.226 e. The Kier molecular flexibility index (Phi) is 7.86. The van der Waals surface area contributed by atoms with E-state index in [9.17, 15) is 4.79 Å². The Hall–Kier alpha value is -1.26. The summed E-state index contributed by atoms with van der Waals surface area (Å²) in [5.74, 6) is 1.08. The minimum Gasteiger partial charge on any atom is -0.491 e. The molecule has 1 amide bonds. The lowest BCUT2D eigenvalue weighted by molar-refractivity contribution is -0.131. The van der Waals surface area contributed by atoms with Gasteiger partial charge in [0.25, 0.3) is 0 Å². The molecule has 0 unspecified atom stereocenters. The molecule has 0 atom stereocenters. The van der Waals surface area contributed by atoms with Crippen molar-refractivity contribution >= 4 is 18.3 Å². The number of hydrogen-bond donors (Lipinski definition) is 2. The summed E-state index contributed by atoms with van der Waals surface area (Å²) >= 11 is 0. The maximum atomic E-state index is 12.4. The summed E-state index contributed by atoms with van der Waals surface area (Å²) in [6.07, 6.45) is 2.83. The predicted molar refractivity (Wildman–Crippen MR) is 96.4 cm³/mol. The van der Waals surface area contributed by atoms with Gasteiger partial charge in [0, 0.05) is 12.0 Å². The molecule has 1 aromatic rings. The molecule has 1 heterocycles. The number of halogens is 1. The van der Waals surface area contributed by atoms with Crippen molar-refractivity contribution in [1.82, 2.24) is 10.6 Å². The predicted octanol–water partition coefficient (Wildman–Crippen LogP) is 2.94. The Bertz CT molecular complexity index is 500. The van der Waals surface area contributed by atoms with Gasteiger partial charge in [0.15, 0.2) is 0 Å². The van der Waals surface area contributed by atoms with Gasteiger partial charge in [0.05, 0.1) is 6.10 Å². The van der Waals surface area contributed by atoms with E-state index in [1.54, 1.807) is 0 Å². The fourth-order valence-electron chi connectivity index (χ4n) is 2.79. The minimum absolute atomic E-state index is 0. The SMILES string of the molecule is CC(C)Oc1cccc(CCNC(=O)C2(C)CCNCC2)c1.Cl. The van der Waals surface area contributed by atoms with E-state index in [1.165, 1.54) is 5.56 Å². The highest BCUT2D eigenvalue weighted by molar-refractivity contribution is 5.85. The number of ether oxygens (including phenoxy) is 1. The van der Waals surface area contributed by atoms with E-state index in [1.807, 2.05) is 26.0 Å². The van der Waals surface area contributed by atoms with Crippen molar-refractivity contribution in [2.75, 3.05) is 19.6 Å². The molecule has 1 aliphatic rings. The molecule has 0 bridgehead atoms. The summed E-state index contributed by atoms with van der Waals surface area (Å²) in [7, 11) is 0. The molecule has 130 valence electrons. The first-order valence-corrected chi connectivity index (χ1v) is 8.24. The monoisotopic (exact) mass is 340 g/mol. The normalized spacial score (nSPS) is 16.5. The number of nitrogens with one attached hydrogen (secondary N) is 2. The van der Waals surface area contributed by atoms with Gasteiger partial charge in [-0.2, -0.15) is 0 Å². The van der Waals surface area contributed by atoms with Crippen LogP contribution in [0.4, 0.5) is 0 Å². The topological polar surface area (TPSA) is 50.4 Å². The first kappa shape index (κ1) is 19.8. The lowest BCUT2D eigenvalue weighted by atomic mass is 9.80. The van der Waals surface area contributed by atoms with Crippen molar-refractivity contribution in [3.05, 3.63) is 29.8 Å². The Morgan fingerprint density at radius 2 is 2.04 bits per heavy atom. The standard InChI is InChI=1S/C18H28N2O2.ClH/c1-14(2)22-16-6-4-5-15(13-16)7-10-20-17(21)18(3)8-11-19-12-9-18;/h4-6,13-14,19H,7-12H2,1-3H3,(H,20,21);1H. The molecule has 0 saturated carbocycles. The highest BCUT2D eigenvalue weighted by atomic mass is 35.5. The third kappa shape index (κ3) is 6.04. The van der Waals surface area contributed by atoms with Crippen LogP contribution in [0.2, 0.25) is 0 Å². The quantitative estimate of drug-likeness (QED) is 0.837. The van der Waals surface area contributed by atoms with Crippen LogP contribution >= 0.6 is 12.4 Å². The van der Waals surface area contributed by atoms with Crippen molar-refractivity contribution in [3.63, 3.8) is 0 Å². The average molecular weight is 341 g/mol. The first-order valence-electron chi connectivity index (χ1n) is 8.24. The molecule has 0 aromatic heterocycles. The van der Waals surface area contributed by atoms with Crippen molar-refractivity contribution in [2.45, 2.75) is 46.1 Å². The fourth-order valence-corrected chi connectivity index (χ4v) is 2.79. The van der Waals surface area contributed by atoms with Crippen LogP contribution in [0.5, 0.6) is 5.75 Å². The molecular formula is C18H29ClN2O2. The summed E-state index contributed by atoms with van der Waals surface area (Å²) in [6, 6.07) is 8.10. The van der Waals surface area contributed by atoms with Gasteiger partial charge in [-0.05, 0) is 63.9 Å². The van der Waals surface area contributed by atoms with E-state index in [-0.39, 0.29) is 29.8 Å². The van der Waals surface area contributed by atoms with Gasteiger partial charge < -0.3 is 15.4 Å². The Morgan fingerprint density at radius 1 is 1.35 bits per heavy atom. The fraction of sp³-hybridized carbons (Fsp3) is 0.611. The van der Waals surface area contributed by atoms with E-state index in [0.29, 0.717) is 6.54 Å². The largest absolute Gasteiger partial charge is 0.491 e. The number of hydrogen-bond acceptors (Lipinski definition) is 3. The molecule has 5 heteroatoms. The molecule has 2 N–H and O–H groups in total. The molecule has 1 aliphatic heterocycles. The summed E-state index contributed by atoms with van der Waals surface area (Å²) in [4.78, 5) is 12.4. The van der Waals surface area contributed by atoms with Crippen LogP contribution in [0.25, 0.3) is 0 Å². The second-order valence-corrected chi connectivity index (χ2v) is 6.63. The van der Waals surface area contributed by atoms with Gasteiger partial charge in [-0.25, -0.2) is 0 Å². The van der Waals surface area contributed by atoms with E-state index in [2.05, 4.69) is 29.7 Å². The van der Waals surface area contributed by atoms with Crippen molar-refractivity contribution in [3.8, 4) is 5.75 Å². The second-order valence-electron chi connectivity index (χ2n) is 6.63. The van der Waals surface area contributed by atoms with Crippen LogP contribution in [0, 0.1) is 5.41 Å². The highest BCUT2D eigenvalue weighted by Gasteiger charge is 2.33. The van der Waals surface area contributed by atoms with Gasteiger partial charge in [-0.3, -0.25) is 4.79 Å². The molecule has 0 spiro atoms. The summed E-state index contributed by atoms with van der Waals surface area (Å²) in [5, 5.41) is 6.40. The summed E-state index contributed by atoms with van der Waals surface area (Å²) in [5.41, 5.74) is 0.974. The Balaban J connectivity index is 0.00000264. The molecule has 23 heavy (non-hydrogen) atoms. The van der Waals surface area contributed by atoms with Crippen LogP contribution in [0.15, 0.2) is 24.3 Å². The number of piperidine rings is 1. The molecule has 1 saturated heterocycles. The zero-order valence-electron chi connectivity index (χ0n) is 14.4. The second kappa shape index (κ2) is 9.14. The van der Waals surface area contributed by atoms with Gasteiger partial charge >= 0.3 is 0 Å². The lowest BCUT2D eigenvalue weighted by Gasteiger charge is -2.32. The van der Waals surface area contributed by atoms with Gasteiger partial charge in [0.1, 0.15) is 5.75 Å². The molecule has 1 fully saturated rings. The number of rotatable bonds is 6. The van der Waals surface area contributed by atoms with Crippen LogP contribution < -0.4 is 15.4 Å². The number of amides is 1. The Labute approximate surface area is 145 Å². The van der Waals surface area contributed by atoms with Crippen molar-refractivity contribution in [2.24, 2.45) is 5.41 Å². The molecule has 0 aliphatic carbocycles. The van der Waals surface area contributed by atoms with Crippen LogP contribution in [0.1, 0.15) is 39.2 Å². The van der Waals surface area contributed by atoms with E-state index < -0.39 is 0 Å². The first-order chi connectivity index (χ1) is 10.5. The zero-order valence-corrected chi connectivity index (χ0v) is 15.2. The number of benzene rings is 1. The lowest BCUT2D eigenvalue weighted by Crippen LogP contribution is -2.46. The molecule has 1 aromatic carbocycles. The highest BCUT2D eigenvalue weighted by Crippen LogP contribution is 2.27. The number of carbonyl (C=O) groups is 1. The molecular weight excluding hydrogens is 312 g/mol. The Morgan fingerprint density at radius 3 is 2.70 bits per heavy atom. The van der Waals surface area contributed by atoms with Crippen LogP contribution in [0.3, 0.4) is 0 Å². The minimum atomic E-state index is -0.214. The van der Waals surface area contributed by atoms with Gasteiger partial charge in [-0.1, -0.05) is 19.1 Å². The zero-order chi connectivity index (χ0) is 16.0. The summed E-state index contributed by atoms with van der Waals surface area (Å²) < 4.78 is 5.70.